The SMILES string of the molecule is OC1Nc2ccccc2C1=Cc1ccc2ccccc2n1. The van der Waals surface area contributed by atoms with Crippen LogP contribution in [0, 0.1) is 0 Å². The summed E-state index contributed by atoms with van der Waals surface area (Å²) < 4.78 is 0. The summed E-state index contributed by atoms with van der Waals surface area (Å²) in [6.07, 6.45) is 1.26. The Morgan fingerprint density at radius 2 is 1.76 bits per heavy atom. The van der Waals surface area contributed by atoms with Crippen molar-refractivity contribution in [3.05, 3.63) is 71.9 Å². The van der Waals surface area contributed by atoms with E-state index in [9.17, 15) is 5.11 Å². The molecule has 4 rings (SSSR count). The van der Waals surface area contributed by atoms with Crippen molar-refractivity contribution in [2.45, 2.75) is 6.23 Å². The first-order valence-electron chi connectivity index (χ1n) is 6.93. The molecule has 2 aromatic carbocycles. The maximum absolute atomic E-state index is 10.2. The predicted molar refractivity (Wildman–Crippen MR) is 85.7 cm³/mol. The van der Waals surface area contributed by atoms with Crippen molar-refractivity contribution in [3.8, 4) is 0 Å². The molecule has 0 bridgehead atoms. The van der Waals surface area contributed by atoms with Gasteiger partial charge in [0.2, 0.25) is 0 Å². The number of para-hydroxylation sites is 2. The molecule has 0 fully saturated rings. The molecule has 1 aromatic heterocycles. The second kappa shape index (κ2) is 4.72. The third kappa shape index (κ3) is 2.08. The van der Waals surface area contributed by atoms with Crippen LogP contribution in [0.2, 0.25) is 0 Å². The summed E-state index contributed by atoms with van der Waals surface area (Å²) in [5, 5.41) is 14.4. The fourth-order valence-corrected chi connectivity index (χ4v) is 2.71. The number of pyridine rings is 1. The fraction of sp³-hybridized carbons (Fsp3) is 0.0556. The van der Waals surface area contributed by atoms with Crippen LogP contribution < -0.4 is 5.32 Å². The standard InChI is InChI=1S/C18H14N2O/c21-18-15(14-6-2-4-8-17(14)20-18)11-13-10-9-12-5-1-3-7-16(12)19-13/h1-11,18,20-21H. The van der Waals surface area contributed by atoms with E-state index in [-0.39, 0.29) is 0 Å². The Bertz CT molecular complexity index is 854. The Hall–Kier alpha value is -2.65. The second-order valence-corrected chi connectivity index (χ2v) is 5.12. The Kier molecular flexibility index (Phi) is 2.72. The van der Waals surface area contributed by atoms with Gasteiger partial charge in [-0.3, -0.25) is 0 Å². The van der Waals surface area contributed by atoms with E-state index in [4.69, 9.17) is 0 Å². The molecule has 0 amide bonds. The van der Waals surface area contributed by atoms with Gasteiger partial charge in [0.05, 0.1) is 11.2 Å². The number of hydrogen-bond acceptors (Lipinski definition) is 3. The van der Waals surface area contributed by atoms with E-state index >= 15 is 0 Å². The molecule has 3 aromatic rings. The number of anilines is 1. The van der Waals surface area contributed by atoms with Crippen molar-refractivity contribution >= 4 is 28.2 Å². The summed E-state index contributed by atoms with van der Waals surface area (Å²) in [4.78, 5) is 4.63. The van der Waals surface area contributed by atoms with Gasteiger partial charge in [0.25, 0.3) is 0 Å². The van der Waals surface area contributed by atoms with Gasteiger partial charge in [-0.05, 0) is 24.3 Å². The number of nitrogens with one attached hydrogen (secondary N) is 1. The lowest BCUT2D eigenvalue weighted by atomic mass is 10.1. The number of aliphatic hydroxyl groups is 1. The molecule has 2 N–H and O–H groups in total. The largest absolute Gasteiger partial charge is 0.369 e. The number of nitrogens with zero attached hydrogens (tertiary/aromatic N) is 1. The molecule has 1 aliphatic rings. The third-order valence-electron chi connectivity index (χ3n) is 3.75. The van der Waals surface area contributed by atoms with Gasteiger partial charge >= 0.3 is 0 Å². The molecule has 0 aliphatic carbocycles. The zero-order valence-electron chi connectivity index (χ0n) is 11.3. The quantitative estimate of drug-likeness (QED) is 0.713. The molecule has 0 spiro atoms. The highest BCUT2D eigenvalue weighted by Gasteiger charge is 2.23. The second-order valence-electron chi connectivity index (χ2n) is 5.12. The zero-order valence-corrected chi connectivity index (χ0v) is 11.3. The molecule has 2 heterocycles. The van der Waals surface area contributed by atoms with E-state index in [1.807, 2.05) is 60.7 Å². The van der Waals surface area contributed by atoms with Gasteiger partial charge < -0.3 is 10.4 Å². The minimum Gasteiger partial charge on any atom is -0.369 e. The van der Waals surface area contributed by atoms with Crippen molar-refractivity contribution in [2.24, 2.45) is 0 Å². The van der Waals surface area contributed by atoms with E-state index in [2.05, 4.69) is 16.4 Å². The van der Waals surface area contributed by atoms with Crippen molar-refractivity contribution in [1.29, 1.82) is 0 Å². The summed E-state index contributed by atoms with van der Waals surface area (Å²) in [5.41, 5.74) is 4.65. The average Bonchev–Trinajstić information content (AvgIpc) is 2.83. The van der Waals surface area contributed by atoms with Crippen LogP contribution in [0.25, 0.3) is 22.6 Å². The van der Waals surface area contributed by atoms with Crippen LogP contribution in [-0.2, 0) is 0 Å². The normalized spacial score (nSPS) is 18.7. The van der Waals surface area contributed by atoms with Crippen LogP contribution in [0.1, 0.15) is 11.3 Å². The van der Waals surface area contributed by atoms with Gasteiger partial charge in [-0.2, -0.15) is 0 Å². The molecular formula is C18H14N2O. The summed E-state index contributed by atoms with van der Waals surface area (Å²) in [7, 11) is 0. The monoisotopic (exact) mass is 274 g/mol. The van der Waals surface area contributed by atoms with Gasteiger partial charge in [0.15, 0.2) is 6.23 Å². The van der Waals surface area contributed by atoms with E-state index in [0.717, 1.165) is 33.4 Å². The lowest BCUT2D eigenvalue weighted by molar-refractivity contribution is 0.266. The molecule has 0 radical (unpaired) electrons. The lowest BCUT2D eigenvalue weighted by Gasteiger charge is -2.05. The number of aromatic nitrogens is 1. The van der Waals surface area contributed by atoms with Crippen LogP contribution >= 0.6 is 0 Å². The van der Waals surface area contributed by atoms with Crippen LogP contribution in [0.3, 0.4) is 0 Å². The maximum Gasteiger partial charge on any atom is 0.151 e. The molecule has 1 unspecified atom stereocenters. The first-order valence-corrected chi connectivity index (χ1v) is 6.93. The highest BCUT2D eigenvalue weighted by Crippen LogP contribution is 2.34. The summed E-state index contributed by atoms with van der Waals surface area (Å²) in [6.45, 7) is 0. The van der Waals surface area contributed by atoms with Crippen molar-refractivity contribution < 1.29 is 5.11 Å². The van der Waals surface area contributed by atoms with Gasteiger partial charge in [-0.15, -0.1) is 0 Å². The average molecular weight is 274 g/mol. The lowest BCUT2D eigenvalue weighted by Crippen LogP contribution is -2.12. The molecule has 102 valence electrons. The number of fused-ring (bicyclic) bond motifs is 2. The predicted octanol–water partition coefficient (Wildman–Crippen LogP) is 3.52. The van der Waals surface area contributed by atoms with E-state index in [0.29, 0.717) is 0 Å². The summed E-state index contributed by atoms with van der Waals surface area (Å²) >= 11 is 0. The Morgan fingerprint density at radius 3 is 2.71 bits per heavy atom. The molecule has 21 heavy (non-hydrogen) atoms. The van der Waals surface area contributed by atoms with E-state index in [1.165, 1.54) is 0 Å². The van der Waals surface area contributed by atoms with E-state index in [1.54, 1.807) is 0 Å². The molecule has 0 saturated heterocycles. The smallest absolute Gasteiger partial charge is 0.151 e. The molecular weight excluding hydrogens is 260 g/mol. The first-order chi connectivity index (χ1) is 10.3. The van der Waals surface area contributed by atoms with Gasteiger partial charge in [-0.25, -0.2) is 4.98 Å². The summed E-state index contributed by atoms with van der Waals surface area (Å²) in [5.74, 6) is 0. The van der Waals surface area contributed by atoms with Crippen molar-refractivity contribution in [2.75, 3.05) is 5.32 Å². The van der Waals surface area contributed by atoms with Crippen LogP contribution in [0.5, 0.6) is 0 Å². The highest BCUT2D eigenvalue weighted by molar-refractivity contribution is 5.94. The molecule has 0 saturated carbocycles. The molecule has 1 atom stereocenters. The Morgan fingerprint density at radius 1 is 0.952 bits per heavy atom. The van der Waals surface area contributed by atoms with Gasteiger partial charge in [-0.1, -0.05) is 42.5 Å². The topological polar surface area (TPSA) is 45.1 Å². The minimum absolute atomic E-state index is 0.685. The molecule has 3 nitrogen and oxygen atoms in total. The van der Waals surface area contributed by atoms with E-state index < -0.39 is 6.23 Å². The van der Waals surface area contributed by atoms with Crippen molar-refractivity contribution in [3.63, 3.8) is 0 Å². The highest BCUT2D eigenvalue weighted by atomic mass is 16.3. The maximum atomic E-state index is 10.2. The summed E-state index contributed by atoms with van der Waals surface area (Å²) in [6, 6.07) is 19.9. The number of rotatable bonds is 1. The van der Waals surface area contributed by atoms with Crippen LogP contribution in [0.4, 0.5) is 5.69 Å². The van der Waals surface area contributed by atoms with Crippen molar-refractivity contribution in [1.82, 2.24) is 4.98 Å². The molecule has 3 heteroatoms. The third-order valence-corrected chi connectivity index (χ3v) is 3.75. The van der Waals surface area contributed by atoms with Gasteiger partial charge in [0.1, 0.15) is 0 Å². The molecule has 1 aliphatic heterocycles. The Labute approximate surface area is 122 Å². The minimum atomic E-state index is -0.685. The number of benzene rings is 2. The van der Waals surface area contributed by atoms with Crippen LogP contribution in [-0.4, -0.2) is 16.3 Å². The number of hydrogen-bond donors (Lipinski definition) is 2. The zero-order chi connectivity index (χ0) is 14.2. The number of aliphatic hydroxyl groups excluding tert-OH is 1. The van der Waals surface area contributed by atoms with Gasteiger partial charge in [0, 0.05) is 22.2 Å². The van der Waals surface area contributed by atoms with Crippen LogP contribution in [0.15, 0.2) is 60.7 Å². The first kappa shape index (κ1) is 12.1. The fourth-order valence-electron chi connectivity index (χ4n) is 2.71. The Balaban J connectivity index is 1.82.